The van der Waals surface area contributed by atoms with Crippen LogP contribution in [0.4, 0.5) is 0 Å². The van der Waals surface area contributed by atoms with Crippen LogP contribution >= 0.6 is 11.6 Å². The van der Waals surface area contributed by atoms with Crippen molar-refractivity contribution in [2.24, 2.45) is 0 Å². The third-order valence-electron chi connectivity index (χ3n) is 3.38. The highest BCUT2D eigenvalue weighted by atomic mass is 35.5. The molecular weight excluding hydrogens is 294 g/mol. The first-order valence-electron chi connectivity index (χ1n) is 6.52. The van der Waals surface area contributed by atoms with Crippen LogP contribution in [0.1, 0.15) is 34.4 Å². The van der Waals surface area contributed by atoms with Crippen molar-refractivity contribution in [3.05, 3.63) is 50.2 Å². The minimum Gasteiger partial charge on any atom is -0.477 e. The molecule has 0 fully saturated rings. The number of nitrogens with zero attached hydrogens (tertiary/aromatic N) is 3. The van der Waals surface area contributed by atoms with Crippen LogP contribution < -0.4 is 5.56 Å². The van der Waals surface area contributed by atoms with Crippen LogP contribution in [-0.4, -0.2) is 25.4 Å². The number of hydrogen-bond acceptors (Lipinski definition) is 3. The zero-order valence-corrected chi connectivity index (χ0v) is 12.8. The highest BCUT2D eigenvalue weighted by molar-refractivity contribution is 6.31. The maximum atomic E-state index is 12.3. The molecular formula is C14H16ClN3O3. The molecule has 0 atom stereocenters. The number of carboxylic acid groups (broad SMARTS) is 1. The second-order valence-corrected chi connectivity index (χ2v) is 5.12. The molecule has 2 aromatic heterocycles. The summed E-state index contributed by atoms with van der Waals surface area (Å²) in [5, 5.41) is 13.8. The van der Waals surface area contributed by atoms with Gasteiger partial charge in [-0.25, -0.2) is 4.79 Å². The maximum absolute atomic E-state index is 12.3. The van der Waals surface area contributed by atoms with E-state index in [-0.39, 0.29) is 12.1 Å². The van der Waals surface area contributed by atoms with Crippen molar-refractivity contribution in [2.75, 3.05) is 0 Å². The Bertz CT molecular complexity index is 762. The molecule has 112 valence electrons. The van der Waals surface area contributed by atoms with Gasteiger partial charge in [0.05, 0.1) is 23.0 Å². The van der Waals surface area contributed by atoms with E-state index >= 15 is 0 Å². The fourth-order valence-electron chi connectivity index (χ4n) is 2.20. The third-order valence-corrected chi connectivity index (χ3v) is 3.88. The van der Waals surface area contributed by atoms with Crippen LogP contribution in [0.15, 0.2) is 16.9 Å². The van der Waals surface area contributed by atoms with E-state index in [4.69, 9.17) is 16.7 Å². The smallest absolute Gasteiger partial charge is 0.341 e. The van der Waals surface area contributed by atoms with Gasteiger partial charge in [-0.2, -0.15) is 5.10 Å². The summed E-state index contributed by atoms with van der Waals surface area (Å²) in [6.45, 7) is 6.28. The van der Waals surface area contributed by atoms with Gasteiger partial charge in [0.25, 0.3) is 5.56 Å². The monoisotopic (exact) mass is 309 g/mol. The lowest BCUT2D eigenvalue weighted by Crippen LogP contribution is -2.29. The number of aromatic carboxylic acids is 1. The number of carboxylic acids is 1. The van der Waals surface area contributed by atoms with E-state index in [1.807, 2.05) is 6.92 Å². The molecule has 0 spiro atoms. The zero-order chi connectivity index (χ0) is 15.7. The number of carbonyl (C=O) groups is 1. The molecule has 0 aliphatic carbocycles. The lowest BCUT2D eigenvalue weighted by Gasteiger charge is -2.12. The van der Waals surface area contributed by atoms with Crippen LogP contribution in [0, 0.1) is 13.8 Å². The van der Waals surface area contributed by atoms with E-state index in [0.717, 1.165) is 0 Å². The third kappa shape index (κ3) is 2.71. The van der Waals surface area contributed by atoms with Gasteiger partial charge in [-0.15, -0.1) is 0 Å². The Morgan fingerprint density at radius 2 is 2.05 bits per heavy atom. The fraction of sp³-hybridized carbons (Fsp3) is 0.357. The molecule has 0 amide bonds. The van der Waals surface area contributed by atoms with Gasteiger partial charge in [0.15, 0.2) is 0 Å². The fourth-order valence-corrected chi connectivity index (χ4v) is 2.39. The molecule has 1 N–H and O–H groups in total. The highest BCUT2D eigenvalue weighted by Crippen LogP contribution is 2.21. The van der Waals surface area contributed by atoms with Gasteiger partial charge in [-0.3, -0.25) is 9.48 Å². The number of rotatable bonds is 4. The first kappa shape index (κ1) is 15.3. The Morgan fingerprint density at radius 1 is 1.38 bits per heavy atom. The second-order valence-electron chi connectivity index (χ2n) is 4.75. The molecule has 0 unspecified atom stereocenters. The van der Waals surface area contributed by atoms with Crippen molar-refractivity contribution in [1.82, 2.24) is 14.3 Å². The van der Waals surface area contributed by atoms with Crippen molar-refractivity contribution in [1.29, 1.82) is 0 Å². The number of hydrogen-bond donors (Lipinski definition) is 1. The number of halogens is 1. The molecule has 6 nitrogen and oxygen atoms in total. The number of aromatic nitrogens is 3. The number of aryl methyl sites for hydroxylation is 3. The normalized spacial score (nSPS) is 10.9. The molecule has 0 aliphatic rings. The van der Waals surface area contributed by atoms with Crippen molar-refractivity contribution in [2.45, 2.75) is 33.9 Å². The number of pyridine rings is 1. The lowest BCUT2D eigenvalue weighted by atomic mass is 10.2. The summed E-state index contributed by atoms with van der Waals surface area (Å²) in [5.41, 5.74) is 1.26. The van der Waals surface area contributed by atoms with Crippen molar-refractivity contribution < 1.29 is 9.90 Å². The molecule has 21 heavy (non-hydrogen) atoms. The largest absolute Gasteiger partial charge is 0.477 e. The molecule has 2 aromatic rings. The van der Waals surface area contributed by atoms with Gasteiger partial charge in [0.2, 0.25) is 0 Å². The van der Waals surface area contributed by atoms with E-state index in [1.165, 1.54) is 10.6 Å². The average molecular weight is 310 g/mol. The lowest BCUT2D eigenvalue weighted by molar-refractivity contribution is 0.0694. The zero-order valence-electron chi connectivity index (χ0n) is 12.1. The highest BCUT2D eigenvalue weighted by Gasteiger charge is 2.17. The van der Waals surface area contributed by atoms with Gasteiger partial charge in [0, 0.05) is 12.2 Å². The van der Waals surface area contributed by atoms with Crippen LogP contribution in [-0.2, 0) is 13.1 Å². The minimum absolute atomic E-state index is 0.194. The molecule has 0 radical (unpaired) electrons. The van der Waals surface area contributed by atoms with Gasteiger partial charge in [0.1, 0.15) is 5.56 Å². The summed E-state index contributed by atoms with van der Waals surface area (Å²) >= 11 is 6.23. The van der Waals surface area contributed by atoms with E-state index in [0.29, 0.717) is 28.6 Å². The quantitative estimate of drug-likeness (QED) is 0.938. The predicted octanol–water partition coefficient (Wildman–Crippen LogP) is 2.08. The van der Waals surface area contributed by atoms with E-state index in [9.17, 15) is 9.59 Å². The maximum Gasteiger partial charge on any atom is 0.341 e. The summed E-state index contributed by atoms with van der Waals surface area (Å²) in [5.74, 6) is -1.24. The molecule has 0 bridgehead atoms. The minimum atomic E-state index is -1.24. The second kappa shape index (κ2) is 5.73. The first-order chi connectivity index (χ1) is 9.86. The van der Waals surface area contributed by atoms with Gasteiger partial charge < -0.3 is 9.67 Å². The van der Waals surface area contributed by atoms with Crippen LogP contribution in [0.5, 0.6) is 0 Å². The Kier molecular flexibility index (Phi) is 4.18. The van der Waals surface area contributed by atoms with E-state index in [1.54, 1.807) is 24.6 Å². The average Bonchev–Trinajstić information content (AvgIpc) is 2.70. The Hall–Kier alpha value is -2.08. The van der Waals surface area contributed by atoms with Gasteiger partial charge >= 0.3 is 5.97 Å². The Balaban J connectivity index is 2.57. The standard InChI is InChI=1S/C14H16ClN3O3/c1-4-18-11(12(15)9(3)16-18)7-17-8(2)5-6-10(13(17)19)14(20)21/h5-6H,4,7H2,1-3H3,(H,20,21). The molecule has 0 saturated heterocycles. The van der Waals surface area contributed by atoms with Crippen molar-refractivity contribution in [3.8, 4) is 0 Å². The molecule has 2 rings (SSSR count). The van der Waals surface area contributed by atoms with Crippen LogP contribution in [0.2, 0.25) is 5.02 Å². The van der Waals surface area contributed by atoms with E-state index < -0.39 is 11.5 Å². The summed E-state index contributed by atoms with van der Waals surface area (Å²) in [6, 6.07) is 2.93. The molecule has 2 heterocycles. The van der Waals surface area contributed by atoms with Crippen LogP contribution in [0.3, 0.4) is 0 Å². The predicted molar refractivity (Wildman–Crippen MR) is 79.1 cm³/mol. The van der Waals surface area contributed by atoms with E-state index in [2.05, 4.69) is 5.10 Å². The molecule has 0 saturated carbocycles. The van der Waals surface area contributed by atoms with Crippen molar-refractivity contribution >= 4 is 17.6 Å². The topological polar surface area (TPSA) is 77.1 Å². The van der Waals surface area contributed by atoms with Crippen LogP contribution in [0.25, 0.3) is 0 Å². The summed E-state index contributed by atoms with van der Waals surface area (Å²) in [4.78, 5) is 23.3. The summed E-state index contributed by atoms with van der Waals surface area (Å²) in [6.07, 6.45) is 0. The van der Waals surface area contributed by atoms with Crippen molar-refractivity contribution in [3.63, 3.8) is 0 Å². The Labute approximate surface area is 126 Å². The summed E-state index contributed by atoms with van der Waals surface area (Å²) in [7, 11) is 0. The Morgan fingerprint density at radius 3 is 2.62 bits per heavy atom. The first-order valence-corrected chi connectivity index (χ1v) is 6.90. The SMILES string of the molecule is CCn1nc(C)c(Cl)c1Cn1c(C)ccc(C(=O)O)c1=O. The molecule has 0 aromatic carbocycles. The molecule has 7 heteroatoms. The van der Waals surface area contributed by atoms with Gasteiger partial charge in [-0.05, 0) is 32.9 Å². The van der Waals surface area contributed by atoms with Gasteiger partial charge in [-0.1, -0.05) is 11.6 Å². The molecule has 0 aliphatic heterocycles. The summed E-state index contributed by atoms with van der Waals surface area (Å²) < 4.78 is 3.12.